The predicted molar refractivity (Wildman–Crippen MR) is 97.8 cm³/mol. The van der Waals surface area contributed by atoms with Crippen molar-refractivity contribution in [2.75, 3.05) is 46.5 Å². The number of ether oxygens (including phenoxy) is 2. The molecule has 0 radical (unpaired) electrons. The van der Waals surface area contributed by atoms with E-state index in [1.54, 1.807) is 7.11 Å². The highest BCUT2D eigenvalue weighted by molar-refractivity contribution is 5.79. The number of amides is 2. The standard InChI is InChI=1S/C20H27FN2O4/c1-26-12-11-23-15-20(9-7-18(23)24)8-2-10-22(14-20)19(25)13-27-17-5-3-16(21)4-6-17/h3-6H,2,7-15H2,1H3. The Kier molecular flexibility index (Phi) is 6.31. The summed E-state index contributed by atoms with van der Waals surface area (Å²) in [7, 11) is 1.63. The van der Waals surface area contributed by atoms with Gasteiger partial charge in [-0.1, -0.05) is 0 Å². The highest BCUT2D eigenvalue weighted by atomic mass is 19.1. The molecule has 7 heteroatoms. The zero-order valence-electron chi connectivity index (χ0n) is 15.8. The molecular formula is C20H27FN2O4. The molecule has 0 aromatic heterocycles. The minimum atomic E-state index is -0.337. The molecule has 2 aliphatic rings. The second-order valence-corrected chi connectivity index (χ2v) is 7.47. The maximum absolute atomic E-state index is 12.9. The van der Waals surface area contributed by atoms with E-state index in [-0.39, 0.29) is 29.7 Å². The molecule has 2 fully saturated rings. The zero-order chi connectivity index (χ0) is 19.3. The average molecular weight is 378 g/mol. The molecule has 1 aromatic carbocycles. The van der Waals surface area contributed by atoms with Gasteiger partial charge in [-0.2, -0.15) is 0 Å². The van der Waals surface area contributed by atoms with Crippen LogP contribution in [0.4, 0.5) is 4.39 Å². The Morgan fingerprint density at radius 1 is 1.22 bits per heavy atom. The third-order valence-corrected chi connectivity index (χ3v) is 5.50. The lowest BCUT2D eigenvalue weighted by molar-refractivity contribution is -0.144. The molecule has 27 heavy (non-hydrogen) atoms. The lowest BCUT2D eigenvalue weighted by Crippen LogP contribution is -2.56. The van der Waals surface area contributed by atoms with Crippen molar-refractivity contribution in [3.8, 4) is 5.75 Å². The number of methoxy groups -OCH3 is 1. The summed E-state index contributed by atoms with van der Waals surface area (Å²) in [5, 5.41) is 0. The summed E-state index contributed by atoms with van der Waals surface area (Å²) in [6, 6.07) is 5.65. The predicted octanol–water partition coefficient (Wildman–Crippen LogP) is 2.08. The van der Waals surface area contributed by atoms with Gasteiger partial charge in [0.25, 0.3) is 5.91 Å². The summed E-state index contributed by atoms with van der Waals surface area (Å²) in [5.74, 6) is 0.238. The second-order valence-electron chi connectivity index (χ2n) is 7.47. The molecule has 148 valence electrons. The third-order valence-electron chi connectivity index (χ3n) is 5.50. The van der Waals surface area contributed by atoms with Crippen molar-refractivity contribution in [2.24, 2.45) is 5.41 Å². The first kappa shape index (κ1) is 19.6. The Labute approximate surface area is 159 Å². The lowest BCUT2D eigenvalue weighted by atomic mass is 9.73. The Bertz CT molecular complexity index is 666. The zero-order valence-corrected chi connectivity index (χ0v) is 15.8. The van der Waals surface area contributed by atoms with Gasteiger partial charge in [0.15, 0.2) is 6.61 Å². The van der Waals surface area contributed by atoms with Gasteiger partial charge in [0.2, 0.25) is 5.91 Å². The highest BCUT2D eigenvalue weighted by Gasteiger charge is 2.42. The van der Waals surface area contributed by atoms with Crippen molar-refractivity contribution in [3.05, 3.63) is 30.1 Å². The number of hydrogen-bond donors (Lipinski definition) is 0. The van der Waals surface area contributed by atoms with Gasteiger partial charge < -0.3 is 19.3 Å². The molecule has 2 aliphatic heterocycles. The third kappa shape index (κ3) is 4.97. The molecule has 1 atom stereocenters. The smallest absolute Gasteiger partial charge is 0.260 e. The molecule has 0 saturated carbocycles. The van der Waals surface area contributed by atoms with Crippen LogP contribution in [0.5, 0.6) is 5.75 Å². The maximum Gasteiger partial charge on any atom is 0.260 e. The largest absolute Gasteiger partial charge is 0.484 e. The fourth-order valence-electron chi connectivity index (χ4n) is 4.03. The fraction of sp³-hybridized carbons (Fsp3) is 0.600. The number of hydrogen-bond acceptors (Lipinski definition) is 4. The van der Waals surface area contributed by atoms with E-state index >= 15 is 0 Å². The Morgan fingerprint density at radius 2 is 2.00 bits per heavy atom. The van der Waals surface area contributed by atoms with Gasteiger partial charge in [-0.15, -0.1) is 0 Å². The molecule has 0 aliphatic carbocycles. The first-order chi connectivity index (χ1) is 13.0. The number of rotatable bonds is 6. The summed E-state index contributed by atoms with van der Waals surface area (Å²) in [4.78, 5) is 28.5. The van der Waals surface area contributed by atoms with Crippen LogP contribution in [0.25, 0.3) is 0 Å². The van der Waals surface area contributed by atoms with Gasteiger partial charge in [-0.25, -0.2) is 4.39 Å². The van der Waals surface area contributed by atoms with Crippen LogP contribution in [-0.4, -0.2) is 68.1 Å². The molecule has 2 heterocycles. The van der Waals surface area contributed by atoms with Crippen LogP contribution in [0.15, 0.2) is 24.3 Å². The van der Waals surface area contributed by atoms with Crippen LogP contribution >= 0.6 is 0 Å². The molecule has 1 aromatic rings. The van der Waals surface area contributed by atoms with Crippen molar-refractivity contribution in [2.45, 2.75) is 25.7 Å². The lowest BCUT2D eigenvalue weighted by Gasteiger charge is -2.48. The van der Waals surface area contributed by atoms with Gasteiger partial charge in [-0.05, 0) is 43.5 Å². The van der Waals surface area contributed by atoms with Crippen LogP contribution in [0.3, 0.4) is 0 Å². The number of carbonyl (C=O) groups is 2. The number of likely N-dealkylation sites (tertiary alicyclic amines) is 2. The number of benzene rings is 1. The van der Waals surface area contributed by atoms with Gasteiger partial charge in [0, 0.05) is 45.1 Å². The van der Waals surface area contributed by atoms with E-state index in [1.165, 1.54) is 24.3 Å². The van der Waals surface area contributed by atoms with Gasteiger partial charge in [0.1, 0.15) is 11.6 Å². The molecule has 0 N–H and O–H groups in total. The van der Waals surface area contributed by atoms with Crippen LogP contribution < -0.4 is 4.74 Å². The van der Waals surface area contributed by atoms with E-state index in [1.807, 2.05) is 9.80 Å². The molecule has 0 bridgehead atoms. The highest BCUT2D eigenvalue weighted by Crippen LogP contribution is 2.38. The minimum absolute atomic E-state index is 0.0363. The second kappa shape index (κ2) is 8.69. The van der Waals surface area contributed by atoms with E-state index < -0.39 is 0 Å². The van der Waals surface area contributed by atoms with Gasteiger partial charge in [0.05, 0.1) is 6.61 Å². The molecule has 1 unspecified atom stereocenters. The van der Waals surface area contributed by atoms with Crippen LogP contribution in [0, 0.1) is 11.2 Å². The van der Waals surface area contributed by atoms with E-state index in [0.29, 0.717) is 45.0 Å². The summed E-state index contributed by atoms with van der Waals surface area (Å²) in [6.07, 6.45) is 3.29. The van der Waals surface area contributed by atoms with Crippen LogP contribution in [-0.2, 0) is 14.3 Å². The fourth-order valence-corrected chi connectivity index (χ4v) is 4.03. The Morgan fingerprint density at radius 3 is 2.74 bits per heavy atom. The van der Waals surface area contributed by atoms with Crippen molar-refractivity contribution < 1.29 is 23.5 Å². The number of halogens is 1. The summed E-state index contributed by atoms with van der Waals surface area (Å²) in [6.45, 7) is 3.09. The van der Waals surface area contributed by atoms with E-state index in [0.717, 1.165) is 19.3 Å². The molecule has 1 spiro atoms. The first-order valence-corrected chi connectivity index (χ1v) is 9.44. The van der Waals surface area contributed by atoms with Gasteiger partial charge >= 0.3 is 0 Å². The SMILES string of the molecule is COCCN1CC2(CCCN(C(=O)COc3ccc(F)cc3)C2)CCC1=O. The van der Waals surface area contributed by atoms with Crippen molar-refractivity contribution in [1.82, 2.24) is 9.80 Å². The summed E-state index contributed by atoms with van der Waals surface area (Å²) < 4.78 is 23.6. The first-order valence-electron chi connectivity index (χ1n) is 9.44. The summed E-state index contributed by atoms with van der Waals surface area (Å²) in [5.41, 5.74) is -0.0363. The molecule has 2 saturated heterocycles. The molecule has 3 rings (SSSR count). The maximum atomic E-state index is 12.9. The summed E-state index contributed by atoms with van der Waals surface area (Å²) >= 11 is 0. The minimum Gasteiger partial charge on any atom is -0.484 e. The van der Waals surface area contributed by atoms with E-state index in [2.05, 4.69) is 0 Å². The number of nitrogens with zero attached hydrogens (tertiary/aromatic N) is 2. The topological polar surface area (TPSA) is 59.1 Å². The Hall–Kier alpha value is -2.15. The van der Waals surface area contributed by atoms with E-state index in [9.17, 15) is 14.0 Å². The Balaban J connectivity index is 1.57. The van der Waals surface area contributed by atoms with Crippen molar-refractivity contribution in [1.29, 1.82) is 0 Å². The van der Waals surface area contributed by atoms with Crippen molar-refractivity contribution in [3.63, 3.8) is 0 Å². The van der Waals surface area contributed by atoms with Crippen LogP contribution in [0.2, 0.25) is 0 Å². The van der Waals surface area contributed by atoms with Crippen molar-refractivity contribution >= 4 is 11.8 Å². The quantitative estimate of drug-likeness (QED) is 0.761. The molecular weight excluding hydrogens is 351 g/mol. The average Bonchev–Trinajstić information content (AvgIpc) is 2.68. The van der Waals surface area contributed by atoms with Crippen LogP contribution in [0.1, 0.15) is 25.7 Å². The monoisotopic (exact) mass is 378 g/mol. The molecule has 6 nitrogen and oxygen atoms in total. The van der Waals surface area contributed by atoms with E-state index in [4.69, 9.17) is 9.47 Å². The van der Waals surface area contributed by atoms with Gasteiger partial charge in [-0.3, -0.25) is 9.59 Å². The molecule has 2 amide bonds. The normalized spacial score (nSPS) is 23.0. The number of carbonyl (C=O) groups excluding carboxylic acids is 2. The number of piperidine rings is 2.